The SMILES string of the molecule is CCOC(=O)c1cccc(/C(C=O)=C/c2ccc3cc4c(cc3c2)C(C)(C)CCC4(C)C)c1. The predicted molar refractivity (Wildman–Crippen MR) is 136 cm³/mol. The Labute approximate surface area is 196 Å². The maximum Gasteiger partial charge on any atom is 0.338 e. The monoisotopic (exact) mass is 440 g/mol. The van der Waals surface area contributed by atoms with E-state index < -0.39 is 0 Å². The highest BCUT2D eigenvalue weighted by Crippen LogP contribution is 2.47. The van der Waals surface area contributed by atoms with E-state index in [9.17, 15) is 9.59 Å². The zero-order valence-corrected chi connectivity index (χ0v) is 20.2. The number of aldehydes is 1. The van der Waals surface area contributed by atoms with Gasteiger partial charge in [0, 0.05) is 5.57 Å². The van der Waals surface area contributed by atoms with E-state index >= 15 is 0 Å². The average molecular weight is 441 g/mol. The molecule has 0 amide bonds. The highest BCUT2D eigenvalue weighted by molar-refractivity contribution is 6.14. The van der Waals surface area contributed by atoms with Crippen LogP contribution in [0, 0.1) is 0 Å². The molecule has 3 aromatic carbocycles. The number of carbonyl (C=O) groups excluding carboxylic acids is 2. The first kappa shape index (κ1) is 23.0. The summed E-state index contributed by atoms with van der Waals surface area (Å²) in [6, 6.07) is 18.0. The lowest BCUT2D eigenvalue weighted by Crippen LogP contribution is -2.33. The summed E-state index contributed by atoms with van der Waals surface area (Å²) in [5, 5.41) is 2.40. The first-order chi connectivity index (χ1) is 15.6. The van der Waals surface area contributed by atoms with Gasteiger partial charge in [0.15, 0.2) is 6.29 Å². The molecule has 0 bridgehead atoms. The Hall–Kier alpha value is -3.20. The van der Waals surface area contributed by atoms with Gasteiger partial charge in [0.05, 0.1) is 12.2 Å². The molecule has 0 saturated heterocycles. The van der Waals surface area contributed by atoms with Gasteiger partial charge in [-0.05, 0) is 87.9 Å². The van der Waals surface area contributed by atoms with Crippen molar-refractivity contribution in [2.24, 2.45) is 0 Å². The van der Waals surface area contributed by atoms with Crippen LogP contribution in [0.1, 0.15) is 80.1 Å². The summed E-state index contributed by atoms with van der Waals surface area (Å²) in [5.74, 6) is -0.384. The Morgan fingerprint density at radius 1 is 0.879 bits per heavy atom. The molecule has 0 atom stereocenters. The van der Waals surface area contributed by atoms with Gasteiger partial charge < -0.3 is 4.74 Å². The smallest absolute Gasteiger partial charge is 0.338 e. The molecule has 4 rings (SSSR count). The molecule has 170 valence electrons. The lowest BCUT2D eigenvalue weighted by atomic mass is 9.63. The van der Waals surface area contributed by atoms with Crippen molar-refractivity contribution in [1.29, 1.82) is 0 Å². The molecule has 0 N–H and O–H groups in total. The van der Waals surface area contributed by atoms with Gasteiger partial charge in [-0.25, -0.2) is 4.79 Å². The van der Waals surface area contributed by atoms with Gasteiger partial charge in [0.1, 0.15) is 0 Å². The topological polar surface area (TPSA) is 43.4 Å². The van der Waals surface area contributed by atoms with Gasteiger partial charge in [0.25, 0.3) is 0 Å². The van der Waals surface area contributed by atoms with E-state index in [4.69, 9.17) is 4.74 Å². The van der Waals surface area contributed by atoms with Crippen molar-refractivity contribution < 1.29 is 14.3 Å². The van der Waals surface area contributed by atoms with Crippen LogP contribution in [0.4, 0.5) is 0 Å². The van der Waals surface area contributed by atoms with Crippen LogP contribution in [-0.2, 0) is 20.4 Å². The summed E-state index contributed by atoms with van der Waals surface area (Å²) in [7, 11) is 0. The second kappa shape index (κ2) is 8.62. The number of esters is 1. The minimum Gasteiger partial charge on any atom is -0.462 e. The van der Waals surface area contributed by atoms with Crippen LogP contribution in [-0.4, -0.2) is 18.9 Å². The zero-order valence-electron chi connectivity index (χ0n) is 20.2. The molecule has 1 aliphatic carbocycles. The van der Waals surface area contributed by atoms with Crippen molar-refractivity contribution in [2.75, 3.05) is 6.61 Å². The number of hydrogen-bond donors (Lipinski definition) is 0. The quantitative estimate of drug-likeness (QED) is 0.184. The second-order valence-corrected chi connectivity index (χ2v) is 10.3. The first-order valence-corrected chi connectivity index (χ1v) is 11.7. The van der Waals surface area contributed by atoms with Crippen LogP contribution < -0.4 is 0 Å². The highest BCUT2D eigenvalue weighted by Gasteiger charge is 2.37. The number of benzene rings is 3. The third-order valence-corrected chi connectivity index (χ3v) is 6.99. The summed E-state index contributed by atoms with van der Waals surface area (Å²) in [5.41, 5.74) is 5.81. The fraction of sp³-hybridized carbons (Fsp3) is 0.333. The number of carbonyl (C=O) groups is 2. The Morgan fingerprint density at radius 3 is 2.15 bits per heavy atom. The summed E-state index contributed by atoms with van der Waals surface area (Å²) in [6.45, 7) is 11.4. The molecule has 3 nitrogen and oxygen atoms in total. The molecular weight excluding hydrogens is 408 g/mol. The lowest BCUT2D eigenvalue weighted by Gasteiger charge is -2.42. The van der Waals surface area contributed by atoms with Crippen molar-refractivity contribution in [3.05, 3.63) is 82.4 Å². The van der Waals surface area contributed by atoms with E-state index in [0.29, 0.717) is 23.3 Å². The third-order valence-electron chi connectivity index (χ3n) is 6.99. The second-order valence-electron chi connectivity index (χ2n) is 10.3. The van der Waals surface area contributed by atoms with E-state index in [2.05, 4.69) is 52.0 Å². The van der Waals surface area contributed by atoms with Gasteiger partial charge in [0.2, 0.25) is 0 Å². The van der Waals surface area contributed by atoms with Crippen LogP contribution in [0.3, 0.4) is 0 Å². The highest BCUT2D eigenvalue weighted by atomic mass is 16.5. The Bertz CT molecular complexity index is 1260. The molecule has 0 fully saturated rings. The van der Waals surface area contributed by atoms with E-state index in [1.54, 1.807) is 25.1 Å². The number of fused-ring (bicyclic) bond motifs is 2. The normalized spacial score (nSPS) is 16.8. The third kappa shape index (κ3) is 4.50. The van der Waals surface area contributed by atoms with Crippen molar-refractivity contribution in [3.63, 3.8) is 0 Å². The van der Waals surface area contributed by atoms with Gasteiger partial charge in [-0.2, -0.15) is 0 Å². The van der Waals surface area contributed by atoms with Crippen molar-refractivity contribution in [1.82, 2.24) is 0 Å². The van der Waals surface area contributed by atoms with Crippen LogP contribution in [0.5, 0.6) is 0 Å². The van der Waals surface area contributed by atoms with Crippen molar-refractivity contribution in [3.8, 4) is 0 Å². The summed E-state index contributed by atoms with van der Waals surface area (Å²) in [6.07, 6.45) is 5.08. The minimum atomic E-state index is -0.384. The summed E-state index contributed by atoms with van der Waals surface area (Å²) >= 11 is 0. The van der Waals surface area contributed by atoms with Crippen LogP contribution in [0.25, 0.3) is 22.4 Å². The maximum absolute atomic E-state index is 12.1. The van der Waals surface area contributed by atoms with Crippen LogP contribution in [0.2, 0.25) is 0 Å². The largest absolute Gasteiger partial charge is 0.462 e. The minimum absolute atomic E-state index is 0.145. The zero-order chi connectivity index (χ0) is 23.8. The molecule has 3 aromatic rings. The van der Waals surface area contributed by atoms with Gasteiger partial charge in [-0.3, -0.25) is 4.79 Å². The fourth-order valence-electron chi connectivity index (χ4n) is 4.83. The molecule has 0 aliphatic heterocycles. The average Bonchev–Trinajstić information content (AvgIpc) is 2.80. The Morgan fingerprint density at radius 2 is 1.52 bits per heavy atom. The molecule has 33 heavy (non-hydrogen) atoms. The molecule has 0 heterocycles. The Balaban J connectivity index is 1.76. The molecule has 0 saturated carbocycles. The van der Waals surface area contributed by atoms with Gasteiger partial charge >= 0.3 is 5.97 Å². The predicted octanol–water partition coefficient (Wildman–Crippen LogP) is 7.11. The number of rotatable bonds is 5. The lowest BCUT2D eigenvalue weighted by molar-refractivity contribution is -0.103. The van der Waals surface area contributed by atoms with E-state index in [1.807, 2.05) is 18.2 Å². The Kier molecular flexibility index (Phi) is 6.00. The number of allylic oxidation sites excluding steroid dienone is 1. The van der Waals surface area contributed by atoms with Crippen LogP contribution >= 0.6 is 0 Å². The van der Waals surface area contributed by atoms with E-state index in [0.717, 1.165) is 11.8 Å². The molecule has 3 heteroatoms. The van der Waals surface area contributed by atoms with E-state index in [1.165, 1.54) is 34.7 Å². The summed E-state index contributed by atoms with van der Waals surface area (Å²) in [4.78, 5) is 24.0. The van der Waals surface area contributed by atoms with Crippen LogP contribution in [0.15, 0.2) is 54.6 Å². The first-order valence-electron chi connectivity index (χ1n) is 11.7. The standard InChI is InChI=1S/C30H32O3/c1-6-33-28(32)23-9-7-8-21(16-23)25(19-31)15-20-10-11-22-17-26-27(18-24(22)14-20)30(4,5)13-12-29(26,2)3/h7-11,14-19H,6,12-13H2,1-5H3/b25-15+. The molecule has 0 aromatic heterocycles. The molecular formula is C30H32O3. The number of ether oxygens (including phenoxy) is 1. The van der Waals surface area contributed by atoms with Gasteiger partial charge in [-0.1, -0.05) is 64.1 Å². The van der Waals surface area contributed by atoms with Crippen molar-refractivity contribution >= 4 is 34.7 Å². The molecule has 0 unspecified atom stereocenters. The van der Waals surface area contributed by atoms with E-state index in [-0.39, 0.29) is 16.8 Å². The molecule has 0 radical (unpaired) electrons. The van der Waals surface area contributed by atoms with Crippen molar-refractivity contribution in [2.45, 2.75) is 58.3 Å². The molecule has 0 spiro atoms. The number of hydrogen-bond acceptors (Lipinski definition) is 3. The maximum atomic E-state index is 12.1. The van der Waals surface area contributed by atoms with Gasteiger partial charge in [-0.15, -0.1) is 0 Å². The molecule has 1 aliphatic rings. The summed E-state index contributed by atoms with van der Waals surface area (Å²) < 4.78 is 5.09. The fourth-order valence-corrected chi connectivity index (χ4v) is 4.83.